The maximum absolute atomic E-state index is 12.9. The summed E-state index contributed by atoms with van der Waals surface area (Å²) in [5.74, 6) is -0.372. The molecule has 3 rings (SSSR count). The van der Waals surface area contributed by atoms with Gasteiger partial charge in [0, 0.05) is 25.4 Å². The number of hydrogen-bond donors (Lipinski definition) is 0. The number of esters is 1. The van der Waals surface area contributed by atoms with Crippen molar-refractivity contribution >= 4 is 17.6 Å². The predicted molar refractivity (Wildman–Crippen MR) is 95.8 cm³/mol. The molecule has 2 heterocycles. The topological polar surface area (TPSA) is 59.5 Å². The van der Waals surface area contributed by atoms with Crippen molar-refractivity contribution in [3.8, 4) is 0 Å². The standard InChI is InChI=1S/C20H22N2O3/c1-14-7-9-17(20(24)25-2)19-16(14)6-4-12-22(19)18(23)10-8-15-5-3-11-21-13-15/h3,5,7,9,11,13H,4,6,8,10,12H2,1-2H3. The van der Waals surface area contributed by atoms with Gasteiger partial charge in [-0.15, -0.1) is 0 Å². The molecule has 5 heteroatoms. The molecule has 0 N–H and O–H groups in total. The van der Waals surface area contributed by atoms with Crippen molar-refractivity contribution in [1.82, 2.24) is 4.98 Å². The molecule has 2 aromatic rings. The van der Waals surface area contributed by atoms with Gasteiger partial charge in [-0.05, 0) is 55.0 Å². The van der Waals surface area contributed by atoms with E-state index in [1.807, 2.05) is 25.1 Å². The highest BCUT2D eigenvalue weighted by molar-refractivity contribution is 6.04. The van der Waals surface area contributed by atoms with Crippen LogP contribution < -0.4 is 4.90 Å². The Bertz CT molecular complexity index is 787. The first-order chi connectivity index (χ1) is 12.1. The fourth-order valence-corrected chi connectivity index (χ4v) is 3.34. The van der Waals surface area contributed by atoms with Crippen molar-refractivity contribution in [3.63, 3.8) is 0 Å². The molecule has 0 radical (unpaired) electrons. The minimum Gasteiger partial charge on any atom is -0.465 e. The third kappa shape index (κ3) is 3.55. The summed E-state index contributed by atoms with van der Waals surface area (Å²) in [6, 6.07) is 7.52. The first kappa shape index (κ1) is 17.1. The zero-order valence-corrected chi connectivity index (χ0v) is 14.6. The number of anilines is 1. The number of amides is 1. The van der Waals surface area contributed by atoms with Crippen LogP contribution in [0.15, 0.2) is 36.7 Å². The van der Waals surface area contributed by atoms with Crippen LogP contribution in [-0.2, 0) is 22.4 Å². The number of fused-ring (bicyclic) bond motifs is 1. The van der Waals surface area contributed by atoms with Gasteiger partial charge in [0.15, 0.2) is 0 Å². The lowest BCUT2D eigenvalue weighted by Crippen LogP contribution is -2.37. The smallest absolute Gasteiger partial charge is 0.339 e. The average Bonchev–Trinajstić information content (AvgIpc) is 2.66. The van der Waals surface area contributed by atoms with E-state index >= 15 is 0 Å². The minimum absolute atomic E-state index is 0.0283. The van der Waals surface area contributed by atoms with E-state index in [1.165, 1.54) is 7.11 Å². The number of methoxy groups -OCH3 is 1. The van der Waals surface area contributed by atoms with Crippen molar-refractivity contribution in [2.75, 3.05) is 18.6 Å². The molecule has 0 saturated carbocycles. The number of ether oxygens (including phenoxy) is 1. The summed E-state index contributed by atoms with van der Waals surface area (Å²) >= 11 is 0. The van der Waals surface area contributed by atoms with Crippen LogP contribution in [0.25, 0.3) is 0 Å². The zero-order valence-electron chi connectivity index (χ0n) is 14.6. The molecule has 1 aromatic carbocycles. The Balaban J connectivity index is 1.88. The lowest BCUT2D eigenvalue weighted by molar-refractivity contribution is -0.118. The number of nitrogens with zero attached hydrogens (tertiary/aromatic N) is 2. The second-order valence-electron chi connectivity index (χ2n) is 6.26. The van der Waals surface area contributed by atoms with E-state index in [-0.39, 0.29) is 5.91 Å². The van der Waals surface area contributed by atoms with E-state index in [0.717, 1.165) is 35.2 Å². The maximum Gasteiger partial charge on any atom is 0.339 e. The highest BCUT2D eigenvalue weighted by atomic mass is 16.5. The van der Waals surface area contributed by atoms with Crippen LogP contribution in [-0.4, -0.2) is 30.5 Å². The summed E-state index contributed by atoms with van der Waals surface area (Å²) in [7, 11) is 1.37. The van der Waals surface area contributed by atoms with Crippen LogP contribution in [0.4, 0.5) is 5.69 Å². The lowest BCUT2D eigenvalue weighted by atomic mass is 9.93. The van der Waals surface area contributed by atoms with Crippen molar-refractivity contribution in [1.29, 1.82) is 0 Å². The summed E-state index contributed by atoms with van der Waals surface area (Å²) in [6.07, 6.45) is 6.30. The second kappa shape index (κ2) is 7.47. The van der Waals surface area contributed by atoms with Gasteiger partial charge in [0.2, 0.25) is 5.91 Å². The molecule has 130 valence electrons. The normalized spacial score (nSPS) is 13.3. The first-order valence-electron chi connectivity index (χ1n) is 8.52. The summed E-state index contributed by atoms with van der Waals surface area (Å²) in [5.41, 5.74) is 4.41. The summed E-state index contributed by atoms with van der Waals surface area (Å²) in [6.45, 7) is 2.65. The first-order valence-corrected chi connectivity index (χ1v) is 8.52. The Morgan fingerprint density at radius 1 is 1.28 bits per heavy atom. The quantitative estimate of drug-likeness (QED) is 0.804. The molecule has 0 fully saturated rings. The highest BCUT2D eigenvalue weighted by Crippen LogP contribution is 2.34. The largest absolute Gasteiger partial charge is 0.465 e. The third-order valence-corrected chi connectivity index (χ3v) is 4.65. The Morgan fingerprint density at radius 3 is 2.84 bits per heavy atom. The van der Waals surface area contributed by atoms with Crippen LogP contribution >= 0.6 is 0 Å². The molecule has 0 aliphatic carbocycles. The Hall–Kier alpha value is -2.69. The molecule has 1 aliphatic rings. The molecule has 25 heavy (non-hydrogen) atoms. The Morgan fingerprint density at radius 2 is 2.12 bits per heavy atom. The molecule has 5 nitrogen and oxygen atoms in total. The molecule has 0 bridgehead atoms. The molecular weight excluding hydrogens is 316 g/mol. The second-order valence-corrected chi connectivity index (χ2v) is 6.26. The lowest BCUT2D eigenvalue weighted by Gasteiger charge is -2.32. The number of carbonyl (C=O) groups is 2. The number of aromatic nitrogens is 1. The number of hydrogen-bond acceptors (Lipinski definition) is 4. The summed E-state index contributed by atoms with van der Waals surface area (Å²) in [4.78, 5) is 30.9. The fourth-order valence-electron chi connectivity index (χ4n) is 3.34. The SMILES string of the molecule is COC(=O)c1ccc(C)c2c1N(C(=O)CCc1cccnc1)CCC2. The van der Waals surface area contributed by atoms with E-state index in [2.05, 4.69) is 4.98 Å². The Labute approximate surface area is 147 Å². The molecule has 1 aromatic heterocycles. The van der Waals surface area contributed by atoms with Gasteiger partial charge in [0.05, 0.1) is 18.4 Å². The highest BCUT2D eigenvalue weighted by Gasteiger charge is 2.28. The van der Waals surface area contributed by atoms with Gasteiger partial charge < -0.3 is 9.64 Å². The van der Waals surface area contributed by atoms with Crippen LogP contribution in [0.5, 0.6) is 0 Å². The van der Waals surface area contributed by atoms with E-state index < -0.39 is 5.97 Å². The number of aryl methyl sites for hydroxylation is 2. The third-order valence-electron chi connectivity index (χ3n) is 4.65. The molecule has 0 atom stereocenters. The van der Waals surface area contributed by atoms with E-state index in [4.69, 9.17) is 4.74 Å². The van der Waals surface area contributed by atoms with Gasteiger partial charge >= 0.3 is 5.97 Å². The van der Waals surface area contributed by atoms with E-state index in [0.29, 0.717) is 24.9 Å². The molecule has 0 unspecified atom stereocenters. The van der Waals surface area contributed by atoms with Crippen molar-refractivity contribution < 1.29 is 14.3 Å². The fraction of sp³-hybridized carbons (Fsp3) is 0.350. The van der Waals surface area contributed by atoms with Gasteiger partial charge in [-0.1, -0.05) is 12.1 Å². The van der Waals surface area contributed by atoms with Crippen LogP contribution in [0, 0.1) is 6.92 Å². The molecule has 1 aliphatic heterocycles. The van der Waals surface area contributed by atoms with Crippen molar-refractivity contribution in [2.24, 2.45) is 0 Å². The van der Waals surface area contributed by atoms with Gasteiger partial charge in [0.1, 0.15) is 0 Å². The number of carbonyl (C=O) groups excluding carboxylic acids is 2. The molecule has 0 saturated heterocycles. The van der Waals surface area contributed by atoms with Crippen molar-refractivity contribution in [2.45, 2.75) is 32.6 Å². The molecule has 0 spiro atoms. The number of pyridine rings is 1. The van der Waals surface area contributed by atoms with Crippen LogP contribution in [0.1, 0.15) is 39.9 Å². The van der Waals surface area contributed by atoms with E-state index in [1.54, 1.807) is 23.4 Å². The number of benzene rings is 1. The summed E-state index contributed by atoms with van der Waals surface area (Å²) < 4.78 is 4.91. The van der Waals surface area contributed by atoms with Crippen LogP contribution in [0.3, 0.4) is 0 Å². The zero-order chi connectivity index (χ0) is 17.8. The number of rotatable bonds is 4. The monoisotopic (exact) mass is 338 g/mol. The minimum atomic E-state index is -0.400. The Kier molecular flexibility index (Phi) is 5.12. The van der Waals surface area contributed by atoms with Crippen LogP contribution in [0.2, 0.25) is 0 Å². The van der Waals surface area contributed by atoms with Gasteiger partial charge in [0.25, 0.3) is 0 Å². The van der Waals surface area contributed by atoms with Gasteiger partial charge in [-0.25, -0.2) is 4.79 Å². The average molecular weight is 338 g/mol. The maximum atomic E-state index is 12.9. The molecular formula is C20H22N2O3. The van der Waals surface area contributed by atoms with Gasteiger partial charge in [-0.3, -0.25) is 9.78 Å². The van der Waals surface area contributed by atoms with Crippen molar-refractivity contribution in [3.05, 3.63) is 58.9 Å². The van der Waals surface area contributed by atoms with E-state index in [9.17, 15) is 9.59 Å². The van der Waals surface area contributed by atoms with Gasteiger partial charge in [-0.2, -0.15) is 0 Å². The summed E-state index contributed by atoms with van der Waals surface area (Å²) in [5, 5.41) is 0. The predicted octanol–water partition coefficient (Wildman–Crippen LogP) is 3.09. The molecule has 1 amide bonds.